The SMILES string of the molecule is O=C(CSc1ncc(S(=O)(=O)c2cccc(C(F)(F)F)c2)c(=O)[nH]1)NCc1cccs1. The lowest BCUT2D eigenvalue weighted by Crippen LogP contribution is -2.24. The molecule has 1 amide bonds. The monoisotopic (exact) mass is 489 g/mol. The number of alkyl halides is 3. The Bertz CT molecular complexity index is 1240. The van der Waals surface area contributed by atoms with Gasteiger partial charge in [0.15, 0.2) is 10.1 Å². The van der Waals surface area contributed by atoms with Crippen LogP contribution in [0, 0.1) is 0 Å². The number of halogens is 3. The number of thiophene rings is 1. The number of nitrogens with zero attached hydrogens (tertiary/aromatic N) is 1. The lowest BCUT2D eigenvalue weighted by Gasteiger charge is -2.09. The zero-order valence-electron chi connectivity index (χ0n) is 15.5. The van der Waals surface area contributed by atoms with Crippen molar-refractivity contribution < 1.29 is 26.4 Å². The molecule has 164 valence electrons. The van der Waals surface area contributed by atoms with Gasteiger partial charge in [-0.1, -0.05) is 23.9 Å². The van der Waals surface area contributed by atoms with Gasteiger partial charge in [-0.25, -0.2) is 13.4 Å². The molecule has 0 saturated heterocycles. The molecule has 0 aliphatic rings. The number of carbonyl (C=O) groups excluding carboxylic acids is 1. The van der Waals surface area contributed by atoms with Gasteiger partial charge < -0.3 is 10.3 Å². The van der Waals surface area contributed by atoms with Crippen molar-refractivity contribution in [3.63, 3.8) is 0 Å². The van der Waals surface area contributed by atoms with Crippen LogP contribution in [0.25, 0.3) is 0 Å². The van der Waals surface area contributed by atoms with Crippen molar-refractivity contribution in [3.8, 4) is 0 Å². The second-order valence-electron chi connectivity index (χ2n) is 6.06. The fraction of sp³-hybridized carbons (Fsp3) is 0.167. The van der Waals surface area contributed by atoms with Crippen LogP contribution < -0.4 is 10.9 Å². The average molecular weight is 490 g/mol. The molecule has 0 atom stereocenters. The molecule has 0 radical (unpaired) electrons. The van der Waals surface area contributed by atoms with E-state index in [0.717, 1.165) is 41.0 Å². The minimum absolute atomic E-state index is 0.000680. The molecule has 0 unspecified atom stereocenters. The summed E-state index contributed by atoms with van der Waals surface area (Å²) >= 11 is 2.37. The number of hydrogen-bond acceptors (Lipinski definition) is 7. The first kappa shape index (κ1) is 23.0. The summed E-state index contributed by atoms with van der Waals surface area (Å²) in [5.41, 5.74) is -2.20. The van der Waals surface area contributed by atoms with E-state index < -0.39 is 36.9 Å². The number of hydrogen-bond donors (Lipinski definition) is 2. The molecule has 3 aromatic rings. The molecule has 2 heterocycles. The van der Waals surface area contributed by atoms with E-state index in [1.165, 1.54) is 11.3 Å². The van der Waals surface area contributed by atoms with Gasteiger partial charge in [0.05, 0.1) is 29.0 Å². The summed E-state index contributed by atoms with van der Waals surface area (Å²) in [7, 11) is -4.53. The highest BCUT2D eigenvalue weighted by molar-refractivity contribution is 7.99. The van der Waals surface area contributed by atoms with Crippen LogP contribution in [0.4, 0.5) is 13.2 Å². The largest absolute Gasteiger partial charge is 0.416 e. The molecule has 0 bridgehead atoms. The minimum atomic E-state index is -4.74. The van der Waals surface area contributed by atoms with E-state index in [2.05, 4.69) is 15.3 Å². The molecule has 31 heavy (non-hydrogen) atoms. The number of sulfone groups is 1. The summed E-state index contributed by atoms with van der Waals surface area (Å²) < 4.78 is 63.8. The van der Waals surface area contributed by atoms with E-state index in [1.54, 1.807) is 0 Å². The predicted octanol–water partition coefficient (Wildman–Crippen LogP) is 3.09. The summed E-state index contributed by atoms with van der Waals surface area (Å²) in [4.78, 5) is 29.7. The first-order valence-corrected chi connectivity index (χ1v) is 11.9. The number of carbonyl (C=O) groups is 1. The Hall–Kier alpha value is -2.64. The Balaban J connectivity index is 1.71. The number of H-pyrrole nitrogens is 1. The lowest BCUT2D eigenvalue weighted by molar-refractivity contribution is -0.137. The first-order valence-electron chi connectivity index (χ1n) is 8.51. The van der Waals surface area contributed by atoms with E-state index in [1.807, 2.05) is 17.5 Å². The van der Waals surface area contributed by atoms with Crippen LogP contribution in [-0.4, -0.2) is 30.0 Å². The van der Waals surface area contributed by atoms with Gasteiger partial charge in [-0.2, -0.15) is 13.2 Å². The second-order valence-corrected chi connectivity index (χ2v) is 9.97. The van der Waals surface area contributed by atoms with Crippen molar-refractivity contribution >= 4 is 38.8 Å². The fourth-order valence-corrected chi connectivity index (χ4v) is 4.97. The fourth-order valence-electron chi connectivity index (χ4n) is 2.38. The Morgan fingerprint density at radius 1 is 1.23 bits per heavy atom. The van der Waals surface area contributed by atoms with Gasteiger partial charge in [-0.3, -0.25) is 9.59 Å². The second kappa shape index (κ2) is 9.24. The van der Waals surface area contributed by atoms with Gasteiger partial charge in [0.2, 0.25) is 15.7 Å². The molecular weight excluding hydrogens is 475 g/mol. The van der Waals surface area contributed by atoms with E-state index in [4.69, 9.17) is 0 Å². The van der Waals surface area contributed by atoms with Crippen LogP contribution in [0.15, 0.2) is 67.7 Å². The Morgan fingerprint density at radius 3 is 2.65 bits per heavy atom. The third-order valence-electron chi connectivity index (χ3n) is 3.88. The van der Waals surface area contributed by atoms with Crippen molar-refractivity contribution in [2.45, 2.75) is 27.7 Å². The van der Waals surface area contributed by atoms with Crippen molar-refractivity contribution in [1.82, 2.24) is 15.3 Å². The molecule has 1 aromatic carbocycles. The third kappa shape index (κ3) is 5.74. The first-order chi connectivity index (χ1) is 14.6. The van der Waals surface area contributed by atoms with Crippen molar-refractivity contribution in [2.24, 2.45) is 0 Å². The molecule has 0 aliphatic heterocycles. The zero-order valence-corrected chi connectivity index (χ0v) is 17.9. The van der Waals surface area contributed by atoms with E-state index in [0.29, 0.717) is 12.6 Å². The number of amides is 1. The molecule has 0 spiro atoms. The molecule has 13 heteroatoms. The van der Waals surface area contributed by atoms with Crippen molar-refractivity contribution in [3.05, 3.63) is 68.8 Å². The van der Waals surface area contributed by atoms with Gasteiger partial charge in [-0.15, -0.1) is 11.3 Å². The summed E-state index contributed by atoms with van der Waals surface area (Å²) in [5, 5.41) is 4.56. The standard InChI is InChI=1S/C18H14F3N3O4S3/c19-18(20,21)11-3-1-5-13(7-11)31(27,28)14-9-23-17(24-16(14)26)30-10-15(25)22-8-12-4-2-6-29-12/h1-7,9H,8,10H2,(H,22,25)(H,23,24,26). The molecule has 3 rings (SSSR count). The summed E-state index contributed by atoms with van der Waals surface area (Å²) in [5.74, 6) is -0.393. The zero-order chi connectivity index (χ0) is 22.6. The number of benzene rings is 1. The molecule has 0 fully saturated rings. The number of thioether (sulfide) groups is 1. The maximum absolute atomic E-state index is 12.9. The quantitative estimate of drug-likeness (QED) is 0.390. The van der Waals surface area contributed by atoms with Crippen LogP contribution in [-0.2, 0) is 27.4 Å². The Morgan fingerprint density at radius 2 is 2.00 bits per heavy atom. The van der Waals surface area contributed by atoms with E-state index in [9.17, 15) is 31.2 Å². The molecule has 2 aromatic heterocycles. The normalized spacial score (nSPS) is 12.0. The third-order valence-corrected chi connectivity index (χ3v) is 7.39. The summed E-state index contributed by atoms with van der Waals surface area (Å²) in [6, 6.07) is 6.80. The van der Waals surface area contributed by atoms with E-state index >= 15 is 0 Å². The number of aromatic nitrogens is 2. The van der Waals surface area contributed by atoms with E-state index in [-0.39, 0.29) is 16.8 Å². The number of nitrogens with one attached hydrogen (secondary N) is 2. The number of aromatic amines is 1. The Labute approximate surface area is 182 Å². The van der Waals surface area contributed by atoms with Gasteiger partial charge in [0, 0.05) is 4.88 Å². The van der Waals surface area contributed by atoms with Gasteiger partial charge in [-0.05, 0) is 29.6 Å². The summed E-state index contributed by atoms with van der Waals surface area (Å²) in [6.45, 7) is 0.356. The predicted molar refractivity (Wildman–Crippen MR) is 109 cm³/mol. The summed E-state index contributed by atoms with van der Waals surface area (Å²) in [6.07, 6.45) is -3.97. The van der Waals surface area contributed by atoms with Crippen LogP contribution in [0.5, 0.6) is 0 Å². The van der Waals surface area contributed by atoms with Gasteiger partial charge in [0.1, 0.15) is 0 Å². The Kier molecular flexibility index (Phi) is 6.86. The van der Waals surface area contributed by atoms with Crippen molar-refractivity contribution in [2.75, 3.05) is 5.75 Å². The maximum atomic E-state index is 12.9. The smallest absolute Gasteiger partial charge is 0.350 e. The maximum Gasteiger partial charge on any atom is 0.416 e. The molecule has 0 aliphatic carbocycles. The molecule has 7 nitrogen and oxygen atoms in total. The van der Waals surface area contributed by atoms with Gasteiger partial charge in [0.25, 0.3) is 5.56 Å². The average Bonchev–Trinajstić information content (AvgIpc) is 3.24. The number of rotatable bonds is 7. The minimum Gasteiger partial charge on any atom is -0.350 e. The lowest BCUT2D eigenvalue weighted by atomic mass is 10.2. The molecular formula is C18H14F3N3O4S3. The highest BCUT2D eigenvalue weighted by Gasteiger charge is 2.32. The van der Waals surface area contributed by atoms with Crippen LogP contribution in [0.1, 0.15) is 10.4 Å². The molecule has 2 N–H and O–H groups in total. The van der Waals surface area contributed by atoms with Crippen LogP contribution in [0.2, 0.25) is 0 Å². The van der Waals surface area contributed by atoms with Crippen molar-refractivity contribution in [1.29, 1.82) is 0 Å². The molecule has 0 saturated carbocycles. The van der Waals surface area contributed by atoms with Gasteiger partial charge >= 0.3 is 6.18 Å². The topological polar surface area (TPSA) is 109 Å². The van der Waals surface area contributed by atoms with Crippen LogP contribution in [0.3, 0.4) is 0 Å². The van der Waals surface area contributed by atoms with Crippen LogP contribution >= 0.6 is 23.1 Å². The highest BCUT2D eigenvalue weighted by Crippen LogP contribution is 2.31. The highest BCUT2D eigenvalue weighted by atomic mass is 32.2.